The van der Waals surface area contributed by atoms with Crippen molar-refractivity contribution in [3.63, 3.8) is 0 Å². The Morgan fingerprint density at radius 2 is 2.10 bits per heavy atom. The maximum atomic E-state index is 10.1. The Hall–Kier alpha value is -1.06. The number of aryl methyl sites for hydroxylation is 1. The largest absolute Gasteiger partial charge is 0.491 e. The van der Waals surface area contributed by atoms with E-state index in [1.54, 1.807) is 0 Å². The van der Waals surface area contributed by atoms with Crippen LogP contribution in [0.4, 0.5) is 0 Å². The number of aliphatic hydroxyl groups is 1. The Kier molecular flexibility index (Phi) is 5.86. The second-order valence-electron chi connectivity index (χ2n) is 5.95. The van der Waals surface area contributed by atoms with Gasteiger partial charge in [0.15, 0.2) is 0 Å². The summed E-state index contributed by atoms with van der Waals surface area (Å²) in [6, 6.07) is 8.11. The standard InChI is InChI=1S/C17H27NO2/c1-3-15-5-4-6-17(11-15)20-13-16(19)12-18-9-7-14(2)8-10-18/h4-6,11,14,16,19H,3,7-10,12-13H2,1-2H3/t16-/m1/s1. The number of β-amino-alcohol motifs (C(OH)–C–C–N with tert-alkyl or cyclic N) is 1. The topological polar surface area (TPSA) is 32.7 Å². The number of ether oxygens (including phenoxy) is 1. The van der Waals surface area contributed by atoms with Crippen LogP contribution in [0.25, 0.3) is 0 Å². The number of hydrogen-bond acceptors (Lipinski definition) is 3. The van der Waals surface area contributed by atoms with Crippen molar-refractivity contribution in [2.45, 2.75) is 39.2 Å². The summed E-state index contributed by atoms with van der Waals surface area (Å²) in [6.45, 7) is 7.73. The second kappa shape index (κ2) is 7.65. The van der Waals surface area contributed by atoms with Gasteiger partial charge in [-0.15, -0.1) is 0 Å². The van der Waals surface area contributed by atoms with E-state index in [1.807, 2.05) is 12.1 Å². The molecule has 112 valence electrons. The summed E-state index contributed by atoms with van der Waals surface area (Å²) in [5.74, 6) is 1.69. The molecule has 1 heterocycles. The van der Waals surface area contributed by atoms with E-state index in [4.69, 9.17) is 4.74 Å². The summed E-state index contributed by atoms with van der Waals surface area (Å²) in [5.41, 5.74) is 1.27. The number of piperidine rings is 1. The van der Waals surface area contributed by atoms with E-state index in [0.29, 0.717) is 6.61 Å². The van der Waals surface area contributed by atoms with Gasteiger partial charge in [-0.3, -0.25) is 0 Å². The average Bonchev–Trinajstić information content (AvgIpc) is 2.48. The van der Waals surface area contributed by atoms with E-state index < -0.39 is 6.10 Å². The van der Waals surface area contributed by atoms with Gasteiger partial charge in [0.25, 0.3) is 0 Å². The highest BCUT2D eigenvalue weighted by Crippen LogP contribution is 2.17. The molecule has 1 saturated heterocycles. The molecule has 3 nitrogen and oxygen atoms in total. The molecule has 0 spiro atoms. The van der Waals surface area contributed by atoms with E-state index >= 15 is 0 Å². The molecule has 1 aliphatic rings. The normalized spacial score (nSPS) is 18.9. The average molecular weight is 277 g/mol. The van der Waals surface area contributed by atoms with E-state index in [0.717, 1.165) is 37.7 Å². The Morgan fingerprint density at radius 1 is 1.35 bits per heavy atom. The van der Waals surface area contributed by atoms with Gasteiger partial charge in [-0.25, -0.2) is 0 Å². The lowest BCUT2D eigenvalue weighted by molar-refractivity contribution is 0.0563. The van der Waals surface area contributed by atoms with Crippen LogP contribution in [0.2, 0.25) is 0 Å². The third-order valence-electron chi connectivity index (χ3n) is 4.09. The molecule has 0 bridgehead atoms. The van der Waals surface area contributed by atoms with Crippen molar-refractivity contribution in [1.29, 1.82) is 0 Å². The van der Waals surface area contributed by atoms with Crippen molar-refractivity contribution in [3.05, 3.63) is 29.8 Å². The third-order valence-corrected chi connectivity index (χ3v) is 4.09. The Balaban J connectivity index is 1.73. The van der Waals surface area contributed by atoms with Gasteiger partial charge in [0.05, 0.1) is 0 Å². The van der Waals surface area contributed by atoms with Crippen LogP contribution in [0, 0.1) is 5.92 Å². The fraction of sp³-hybridized carbons (Fsp3) is 0.647. The minimum atomic E-state index is -0.409. The van der Waals surface area contributed by atoms with Crippen LogP contribution < -0.4 is 4.74 Å². The zero-order chi connectivity index (χ0) is 14.4. The van der Waals surface area contributed by atoms with Crippen molar-refractivity contribution < 1.29 is 9.84 Å². The van der Waals surface area contributed by atoms with E-state index in [1.165, 1.54) is 18.4 Å². The predicted molar refractivity (Wildman–Crippen MR) is 82.2 cm³/mol. The molecule has 0 amide bonds. The zero-order valence-corrected chi connectivity index (χ0v) is 12.7. The highest BCUT2D eigenvalue weighted by Gasteiger charge is 2.18. The molecule has 1 N–H and O–H groups in total. The highest BCUT2D eigenvalue weighted by molar-refractivity contribution is 5.28. The minimum absolute atomic E-state index is 0.374. The van der Waals surface area contributed by atoms with E-state index in [9.17, 15) is 5.11 Å². The van der Waals surface area contributed by atoms with Gasteiger partial charge >= 0.3 is 0 Å². The summed E-state index contributed by atoms with van der Waals surface area (Å²) < 4.78 is 5.70. The Morgan fingerprint density at radius 3 is 2.80 bits per heavy atom. The lowest BCUT2D eigenvalue weighted by Gasteiger charge is -2.31. The van der Waals surface area contributed by atoms with Crippen LogP contribution in [0.15, 0.2) is 24.3 Å². The van der Waals surface area contributed by atoms with Gasteiger partial charge in [0.2, 0.25) is 0 Å². The molecule has 1 aliphatic heterocycles. The summed E-state index contributed by atoms with van der Waals surface area (Å²) >= 11 is 0. The number of likely N-dealkylation sites (tertiary alicyclic amines) is 1. The van der Waals surface area contributed by atoms with Crippen LogP contribution in [0.5, 0.6) is 5.75 Å². The first kappa shape index (κ1) is 15.3. The fourth-order valence-electron chi connectivity index (χ4n) is 2.64. The first-order valence-electron chi connectivity index (χ1n) is 7.79. The molecule has 3 heteroatoms. The second-order valence-corrected chi connectivity index (χ2v) is 5.95. The molecule has 1 atom stereocenters. The number of nitrogens with zero attached hydrogens (tertiary/aromatic N) is 1. The van der Waals surface area contributed by atoms with Crippen LogP contribution in [-0.4, -0.2) is 42.4 Å². The van der Waals surface area contributed by atoms with Gasteiger partial charge in [-0.2, -0.15) is 0 Å². The van der Waals surface area contributed by atoms with Crippen LogP contribution >= 0.6 is 0 Å². The Labute approximate surface area is 122 Å². The molecule has 1 aromatic rings. The van der Waals surface area contributed by atoms with Crippen LogP contribution in [0.1, 0.15) is 32.3 Å². The van der Waals surface area contributed by atoms with Gasteiger partial charge in [0, 0.05) is 6.54 Å². The molecular weight excluding hydrogens is 250 g/mol. The maximum Gasteiger partial charge on any atom is 0.119 e. The van der Waals surface area contributed by atoms with Gasteiger partial charge in [0.1, 0.15) is 18.5 Å². The van der Waals surface area contributed by atoms with Crippen molar-refractivity contribution in [2.75, 3.05) is 26.2 Å². The van der Waals surface area contributed by atoms with Gasteiger partial charge in [-0.05, 0) is 56.0 Å². The third kappa shape index (κ3) is 4.80. The zero-order valence-electron chi connectivity index (χ0n) is 12.7. The number of rotatable bonds is 6. The summed E-state index contributed by atoms with van der Waals surface area (Å²) in [5, 5.41) is 10.1. The lowest BCUT2D eigenvalue weighted by atomic mass is 9.99. The SMILES string of the molecule is CCc1cccc(OC[C@H](O)CN2CCC(C)CC2)c1. The number of benzene rings is 1. The molecule has 2 rings (SSSR count). The summed E-state index contributed by atoms with van der Waals surface area (Å²) in [7, 11) is 0. The van der Waals surface area contributed by atoms with E-state index in [2.05, 4.69) is 30.9 Å². The smallest absolute Gasteiger partial charge is 0.119 e. The molecule has 0 saturated carbocycles. The Bertz CT molecular complexity index is 400. The van der Waals surface area contributed by atoms with Gasteiger partial charge < -0.3 is 14.7 Å². The fourth-order valence-corrected chi connectivity index (χ4v) is 2.64. The van der Waals surface area contributed by atoms with Crippen LogP contribution in [0.3, 0.4) is 0 Å². The maximum absolute atomic E-state index is 10.1. The molecule has 1 aromatic carbocycles. The molecule has 0 unspecified atom stereocenters. The first-order valence-corrected chi connectivity index (χ1v) is 7.79. The lowest BCUT2D eigenvalue weighted by Crippen LogP contribution is -2.40. The number of hydrogen-bond donors (Lipinski definition) is 1. The van der Waals surface area contributed by atoms with Crippen molar-refractivity contribution in [3.8, 4) is 5.75 Å². The van der Waals surface area contributed by atoms with Crippen LogP contribution in [-0.2, 0) is 6.42 Å². The monoisotopic (exact) mass is 277 g/mol. The van der Waals surface area contributed by atoms with E-state index in [-0.39, 0.29) is 0 Å². The molecule has 0 radical (unpaired) electrons. The summed E-state index contributed by atoms with van der Waals surface area (Å²) in [4.78, 5) is 2.34. The van der Waals surface area contributed by atoms with Crippen molar-refractivity contribution >= 4 is 0 Å². The first-order chi connectivity index (χ1) is 9.67. The quantitative estimate of drug-likeness (QED) is 0.868. The molecule has 20 heavy (non-hydrogen) atoms. The minimum Gasteiger partial charge on any atom is -0.491 e. The van der Waals surface area contributed by atoms with Crippen molar-refractivity contribution in [1.82, 2.24) is 4.90 Å². The predicted octanol–water partition coefficient (Wildman–Crippen LogP) is 2.72. The molecule has 1 fully saturated rings. The summed E-state index contributed by atoms with van der Waals surface area (Å²) in [6.07, 6.45) is 3.08. The van der Waals surface area contributed by atoms with Crippen molar-refractivity contribution in [2.24, 2.45) is 5.92 Å². The molecule has 0 aliphatic carbocycles. The highest BCUT2D eigenvalue weighted by atomic mass is 16.5. The molecule has 0 aromatic heterocycles. The van der Waals surface area contributed by atoms with Gasteiger partial charge in [-0.1, -0.05) is 26.0 Å². The molecular formula is C17H27NO2. The number of aliphatic hydroxyl groups excluding tert-OH is 1.